The van der Waals surface area contributed by atoms with Crippen LogP contribution in [0.4, 0.5) is 5.13 Å². The highest BCUT2D eigenvalue weighted by Gasteiger charge is 2.09. The largest absolute Gasteiger partial charge is 0.351 e. The van der Waals surface area contributed by atoms with Crippen molar-refractivity contribution < 1.29 is 0 Å². The van der Waals surface area contributed by atoms with Crippen LogP contribution in [0.5, 0.6) is 0 Å². The third-order valence-corrected chi connectivity index (χ3v) is 3.29. The van der Waals surface area contributed by atoms with Gasteiger partial charge in [-0.1, -0.05) is 13.8 Å². The zero-order valence-electron chi connectivity index (χ0n) is 9.10. The second-order valence-corrected chi connectivity index (χ2v) is 4.81. The van der Waals surface area contributed by atoms with Crippen LogP contribution in [0.1, 0.15) is 20.3 Å². The first-order valence-corrected chi connectivity index (χ1v) is 5.85. The molecule has 0 radical (unpaired) electrons. The average Bonchev–Trinajstić information content (AvgIpc) is 2.66. The van der Waals surface area contributed by atoms with Gasteiger partial charge in [0.2, 0.25) is 0 Å². The Balaban J connectivity index is 2.32. The van der Waals surface area contributed by atoms with Crippen molar-refractivity contribution in [2.75, 3.05) is 18.5 Å². The van der Waals surface area contributed by atoms with Gasteiger partial charge >= 0.3 is 0 Å². The Bertz CT molecular complexity index is 246. The fourth-order valence-electron chi connectivity index (χ4n) is 1.18. The molecule has 1 atom stereocenters. The quantitative estimate of drug-likeness (QED) is 0.813. The Kier molecular flexibility index (Phi) is 4.35. The first kappa shape index (κ1) is 11.5. The van der Waals surface area contributed by atoms with Gasteiger partial charge in [-0.3, -0.25) is 0 Å². The number of rotatable bonds is 5. The molecule has 1 heterocycles. The summed E-state index contributed by atoms with van der Waals surface area (Å²) in [5, 5.41) is 3.06. The SMILES string of the molecule is CC(C)C(N)CCN(C)c1nccs1. The molecule has 0 aromatic carbocycles. The number of hydrogen-bond acceptors (Lipinski definition) is 4. The Morgan fingerprint density at radius 1 is 1.57 bits per heavy atom. The Labute approximate surface area is 89.9 Å². The van der Waals surface area contributed by atoms with Gasteiger partial charge in [0, 0.05) is 31.2 Å². The summed E-state index contributed by atoms with van der Waals surface area (Å²) < 4.78 is 0. The van der Waals surface area contributed by atoms with E-state index in [2.05, 4.69) is 30.8 Å². The average molecular weight is 213 g/mol. The molecule has 0 amide bonds. The van der Waals surface area contributed by atoms with Crippen LogP contribution in [0.3, 0.4) is 0 Å². The standard InChI is InChI=1S/C10H19N3S/c1-8(2)9(11)4-6-13(3)10-12-5-7-14-10/h5,7-9H,4,6,11H2,1-3H3. The molecule has 0 aliphatic heterocycles. The zero-order chi connectivity index (χ0) is 10.6. The van der Waals surface area contributed by atoms with Crippen molar-refractivity contribution in [3.63, 3.8) is 0 Å². The van der Waals surface area contributed by atoms with E-state index in [1.54, 1.807) is 11.3 Å². The summed E-state index contributed by atoms with van der Waals surface area (Å²) in [6.07, 6.45) is 2.85. The summed E-state index contributed by atoms with van der Waals surface area (Å²) in [6.45, 7) is 5.30. The molecule has 0 bridgehead atoms. The van der Waals surface area contributed by atoms with Gasteiger partial charge in [0.1, 0.15) is 0 Å². The minimum absolute atomic E-state index is 0.289. The zero-order valence-corrected chi connectivity index (χ0v) is 9.92. The monoisotopic (exact) mass is 213 g/mol. The fourth-order valence-corrected chi connectivity index (χ4v) is 1.81. The molecular formula is C10H19N3S. The van der Waals surface area contributed by atoms with Crippen molar-refractivity contribution in [1.29, 1.82) is 0 Å². The summed E-state index contributed by atoms with van der Waals surface area (Å²) in [7, 11) is 2.06. The van der Waals surface area contributed by atoms with E-state index in [9.17, 15) is 0 Å². The normalized spacial score (nSPS) is 13.2. The number of thiazole rings is 1. The molecule has 0 aliphatic carbocycles. The lowest BCUT2D eigenvalue weighted by Gasteiger charge is -2.20. The molecule has 1 unspecified atom stereocenters. The van der Waals surface area contributed by atoms with E-state index in [0.717, 1.165) is 18.1 Å². The lowest BCUT2D eigenvalue weighted by atomic mass is 10.0. The van der Waals surface area contributed by atoms with E-state index in [-0.39, 0.29) is 6.04 Å². The van der Waals surface area contributed by atoms with Crippen molar-refractivity contribution >= 4 is 16.5 Å². The highest BCUT2D eigenvalue weighted by atomic mass is 32.1. The molecule has 1 aromatic rings. The van der Waals surface area contributed by atoms with Crippen molar-refractivity contribution in [3.8, 4) is 0 Å². The van der Waals surface area contributed by atoms with E-state index in [1.165, 1.54) is 0 Å². The highest BCUT2D eigenvalue weighted by molar-refractivity contribution is 7.13. The lowest BCUT2D eigenvalue weighted by molar-refractivity contribution is 0.466. The van der Waals surface area contributed by atoms with Crippen LogP contribution in [-0.4, -0.2) is 24.6 Å². The number of hydrogen-bond donors (Lipinski definition) is 1. The minimum Gasteiger partial charge on any atom is -0.351 e. The maximum atomic E-state index is 5.97. The third-order valence-electron chi connectivity index (χ3n) is 2.40. The van der Waals surface area contributed by atoms with Crippen LogP contribution in [0, 0.1) is 5.92 Å². The first-order chi connectivity index (χ1) is 6.61. The summed E-state index contributed by atoms with van der Waals surface area (Å²) in [5.74, 6) is 0.555. The van der Waals surface area contributed by atoms with Gasteiger partial charge in [0.05, 0.1) is 0 Å². The molecule has 0 saturated carbocycles. The van der Waals surface area contributed by atoms with E-state index in [4.69, 9.17) is 5.73 Å². The molecule has 1 aromatic heterocycles. The topological polar surface area (TPSA) is 42.1 Å². The van der Waals surface area contributed by atoms with Gasteiger partial charge in [-0.2, -0.15) is 0 Å². The van der Waals surface area contributed by atoms with Crippen molar-refractivity contribution in [3.05, 3.63) is 11.6 Å². The van der Waals surface area contributed by atoms with Crippen LogP contribution in [-0.2, 0) is 0 Å². The highest BCUT2D eigenvalue weighted by Crippen LogP contribution is 2.16. The molecule has 0 spiro atoms. The van der Waals surface area contributed by atoms with Crippen LogP contribution < -0.4 is 10.6 Å². The van der Waals surface area contributed by atoms with Gasteiger partial charge < -0.3 is 10.6 Å². The van der Waals surface area contributed by atoms with Gasteiger partial charge in [0.25, 0.3) is 0 Å². The predicted molar refractivity (Wildman–Crippen MR) is 62.8 cm³/mol. The second kappa shape index (κ2) is 5.32. The second-order valence-electron chi connectivity index (χ2n) is 3.93. The molecule has 4 heteroatoms. The summed E-state index contributed by atoms with van der Waals surface area (Å²) in [5.41, 5.74) is 5.97. The molecule has 2 N–H and O–H groups in total. The minimum atomic E-state index is 0.289. The van der Waals surface area contributed by atoms with Crippen molar-refractivity contribution in [1.82, 2.24) is 4.98 Å². The Morgan fingerprint density at radius 2 is 2.29 bits per heavy atom. The fraction of sp³-hybridized carbons (Fsp3) is 0.700. The molecule has 3 nitrogen and oxygen atoms in total. The molecule has 80 valence electrons. The van der Waals surface area contributed by atoms with E-state index in [1.807, 2.05) is 11.6 Å². The first-order valence-electron chi connectivity index (χ1n) is 4.97. The van der Waals surface area contributed by atoms with Crippen LogP contribution in [0.25, 0.3) is 0 Å². The third kappa shape index (κ3) is 3.27. The molecule has 14 heavy (non-hydrogen) atoms. The number of nitrogens with two attached hydrogens (primary N) is 1. The van der Waals surface area contributed by atoms with Crippen LogP contribution >= 0.6 is 11.3 Å². The molecule has 0 saturated heterocycles. The van der Waals surface area contributed by atoms with Crippen LogP contribution in [0.2, 0.25) is 0 Å². The molecule has 0 aliphatic rings. The number of nitrogens with zero attached hydrogens (tertiary/aromatic N) is 2. The summed E-state index contributed by atoms with van der Waals surface area (Å²) in [6, 6.07) is 0.289. The summed E-state index contributed by atoms with van der Waals surface area (Å²) >= 11 is 1.67. The summed E-state index contributed by atoms with van der Waals surface area (Å²) in [4.78, 5) is 6.40. The smallest absolute Gasteiger partial charge is 0.184 e. The number of aromatic nitrogens is 1. The predicted octanol–water partition coefficient (Wildman–Crippen LogP) is 1.95. The van der Waals surface area contributed by atoms with Gasteiger partial charge in [-0.15, -0.1) is 11.3 Å². The van der Waals surface area contributed by atoms with Gasteiger partial charge in [-0.25, -0.2) is 4.98 Å². The van der Waals surface area contributed by atoms with Crippen molar-refractivity contribution in [2.45, 2.75) is 26.3 Å². The Hall–Kier alpha value is -0.610. The van der Waals surface area contributed by atoms with Crippen LogP contribution in [0.15, 0.2) is 11.6 Å². The van der Waals surface area contributed by atoms with Gasteiger partial charge in [0.15, 0.2) is 5.13 Å². The molecular weight excluding hydrogens is 194 g/mol. The van der Waals surface area contributed by atoms with Crippen molar-refractivity contribution in [2.24, 2.45) is 11.7 Å². The maximum absolute atomic E-state index is 5.97. The lowest BCUT2D eigenvalue weighted by Crippen LogP contribution is -2.31. The van der Waals surface area contributed by atoms with E-state index >= 15 is 0 Å². The molecule has 1 rings (SSSR count). The van der Waals surface area contributed by atoms with E-state index < -0.39 is 0 Å². The maximum Gasteiger partial charge on any atom is 0.184 e. The Morgan fingerprint density at radius 3 is 2.79 bits per heavy atom. The van der Waals surface area contributed by atoms with E-state index in [0.29, 0.717) is 5.92 Å². The number of anilines is 1. The molecule has 0 fully saturated rings. The van der Waals surface area contributed by atoms with Gasteiger partial charge in [-0.05, 0) is 12.3 Å².